The largest absolute Gasteiger partial charge is 0.393 e. The molecule has 0 bridgehead atoms. The molecule has 0 aliphatic carbocycles. The lowest BCUT2D eigenvalue weighted by molar-refractivity contribution is -0.383. The Bertz CT molecular complexity index is 800. The van der Waals surface area contributed by atoms with Crippen molar-refractivity contribution in [3.8, 4) is 0 Å². The molecule has 0 saturated heterocycles. The highest BCUT2D eigenvalue weighted by atomic mass is 32.1. The van der Waals surface area contributed by atoms with Crippen molar-refractivity contribution in [3.05, 3.63) is 52.0 Å². The summed E-state index contributed by atoms with van der Waals surface area (Å²) >= 11 is 1.56. The molecule has 3 rings (SSSR count). The Balaban J connectivity index is 1.90. The Labute approximate surface area is 118 Å². The first-order chi connectivity index (χ1) is 9.63. The van der Waals surface area contributed by atoms with Crippen LogP contribution in [0.25, 0.3) is 10.2 Å². The topological polar surface area (TPSA) is 94.1 Å². The molecule has 1 heterocycles. The van der Waals surface area contributed by atoms with E-state index in [4.69, 9.17) is 5.73 Å². The molecule has 0 spiro atoms. The van der Waals surface area contributed by atoms with E-state index in [-0.39, 0.29) is 11.4 Å². The molecule has 0 radical (unpaired) electrons. The number of benzene rings is 2. The lowest BCUT2D eigenvalue weighted by Crippen LogP contribution is -1.97. The number of nitrogens with one attached hydrogen (secondary N) is 1. The van der Waals surface area contributed by atoms with Crippen molar-refractivity contribution in [3.63, 3.8) is 0 Å². The van der Waals surface area contributed by atoms with Gasteiger partial charge in [0.05, 0.1) is 20.7 Å². The zero-order chi connectivity index (χ0) is 14.1. The zero-order valence-corrected chi connectivity index (χ0v) is 11.1. The van der Waals surface area contributed by atoms with Crippen molar-refractivity contribution >= 4 is 44.3 Å². The third kappa shape index (κ3) is 2.26. The van der Waals surface area contributed by atoms with Crippen LogP contribution >= 0.6 is 11.3 Å². The normalized spacial score (nSPS) is 10.6. The molecule has 0 atom stereocenters. The molecule has 2 aromatic carbocycles. The quantitative estimate of drug-likeness (QED) is 0.436. The minimum atomic E-state index is -0.498. The van der Waals surface area contributed by atoms with Crippen LogP contribution in [0.2, 0.25) is 0 Å². The van der Waals surface area contributed by atoms with Gasteiger partial charge in [-0.3, -0.25) is 10.1 Å². The van der Waals surface area contributed by atoms with Gasteiger partial charge >= 0.3 is 0 Å². The molecule has 100 valence electrons. The second kappa shape index (κ2) is 4.78. The monoisotopic (exact) mass is 286 g/mol. The van der Waals surface area contributed by atoms with Gasteiger partial charge in [0.2, 0.25) is 0 Å². The van der Waals surface area contributed by atoms with Crippen molar-refractivity contribution in [1.29, 1.82) is 0 Å². The number of hydrogen-bond donors (Lipinski definition) is 2. The standard InChI is InChI=1S/C13H10N4O2S/c14-10-5-8(2-4-12(10)17(18)19)16-9-1-3-11-13(6-9)20-7-15-11/h1-7,16H,14H2. The number of hydrogen-bond acceptors (Lipinski definition) is 6. The van der Waals surface area contributed by atoms with Crippen LogP contribution in [-0.2, 0) is 0 Å². The first-order valence-electron chi connectivity index (χ1n) is 5.78. The van der Waals surface area contributed by atoms with Gasteiger partial charge in [0.25, 0.3) is 5.69 Å². The smallest absolute Gasteiger partial charge is 0.292 e. The Morgan fingerprint density at radius 2 is 1.95 bits per heavy atom. The summed E-state index contributed by atoms with van der Waals surface area (Å²) in [7, 11) is 0. The maximum absolute atomic E-state index is 10.7. The van der Waals surface area contributed by atoms with Gasteiger partial charge in [-0.1, -0.05) is 0 Å². The van der Waals surface area contributed by atoms with Crippen LogP contribution in [0.1, 0.15) is 0 Å². The molecule has 3 N–H and O–H groups in total. The molecule has 20 heavy (non-hydrogen) atoms. The molecule has 0 aliphatic heterocycles. The van der Waals surface area contributed by atoms with E-state index in [0.29, 0.717) is 5.69 Å². The molecular weight excluding hydrogens is 276 g/mol. The molecule has 0 saturated carbocycles. The number of fused-ring (bicyclic) bond motifs is 1. The number of anilines is 3. The summed E-state index contributed by atoms with van der Waals surface area (Å²) in [6, 6.07) is 10.4. The maximum Gasteiger partial charge on any atom is 0.292 e. The van der Waals surface area contributed by atoms with Crippen LogP contribution in [0.4, 0.5) is 22.7 Å². The number of nitrogens with two attached hydrogens (primary N) is 1. The minimum Gasteiger partial charge on any atom is -0.393 e. The molecule has 0 amide bonds. The van der Waals surface area contributed by atoms with Crippen molar-refractivity contribution in [2.24, 2.45) is 0 Å². The first kappa shape index (κ1) is 12.4. The molecule has 7 heteroatoms. The number of nitrogen functional groups attached to an aromatic ring is 1. The van der Waals surface area contributed by atoms with Gasteiger partial charge in [0, 0.05) is 17.4 Å². The SMILES string of the molecule is Nc1cc(Nc2ccc3ncsc3c2)ccc1[N+](=O)[O-]. The van der Waals surface area contributed by atoms with E-state index < -0.39 is 4.92 Å². The fraction of sp³-hybridized carbons (Fsp3) is 0. The van der Waals surface area contributed by atoms with E-state index in [0.717, 1.165) is 15.9 Å². The Kier molecular flexibility index (Phi) is 2.96. The van der Waals surface area contributed by atoms with E-state index in [1.54, 1.807) is 29.0 Å². The molecule has 1 aromatic heterocycles. The van der Waals surface area contributed by atoms with Gasteiger partial charge in [0.15, 0.2) is 0 Å². The van der Waals surface area contributed by atoms with E-state index >= 15 is 0 Å². The van der Waals surface area contributed by atoms with E-state index in [2.05, 4.69) is 10.3 Å². The van der Waals surface area contributed by atoms with Crippen LogP contribution in [0.15, 0.2) is 41.9 Å². The Morgan fingerprint density at radius 1 is 1.20 bits per heavy atom. The summed E-state index contributed by atoms with van der Waals surface area (Å²) in [5, 5.41) is 13.9. The van der Waals surface area contributed by atoms with Gasteiger partial charge in [-0.05, 0) is 30.3 Å². The zero-order valence-electron chi connectivity index (χ0n) is 10.2. The summed E-state index contributed by atoms with van der Waals surface area (Å²) in [5.74, 6) is 0. The van der Waals surface area contributed by atoms with Gasteiger partial charge in [0.1, 0.15) is 5.69 Å². The summed E-state index contributed by atoms with van der Waals surface area (Å²) in [6.07, 6.45) is 0. The van der Waals surface area contributed by atoms with Crippen LogP contribution in [-0.4, -0.2) is 9.91 Å². The second-order valence-electron chi connectivity index (χ2n) is 4.19. The summed E-state index contributed by atoms with van der Waals surface area (Å²) < 4.78 is 1.07. The molecule has 0 fully saturated rings. The summed E-state index contributed by atoms with van der Waals surface area (Å²) in [6.45, 7) is 0. The van der Waals surface area contributed by atoms with Crippen molar-refractivity contribution in [1.82, 2.24) is 4.98 Å². The molecule has 6 nitrogen and oxygen atoms in total. The van der Waals surface area contributed by atoms with Gasteiger partial charge < -0.3 is 11.1 Å². The number of nitrogens with zero attached hydrogens (tertiary/aromatic N) is 2. The highest BCUT2D eigenvalue weighted by Gasteiger charge is 2.11. The number of thiazole rings is 1. The highest BCUT2D eigenvalue weighted by Crippen LogP contribution is 2.28. The number of nitro groups is 1. The highest BCUT2D eigenvalue weighted by molar-refractivity contribution is 7.16. The van der Waals surface area contributed by atoms with Crippen LogP contribution in [0.5, 0.6) is 0 Å². The van der Waals surface area contributed by atoms with E-state index in [1.807, 2.05) is 18.2 Å². The molecule has 0 aliphatic rings. The third-order valence-electron chi connectivity index (χ3n) is 2.84. The van der Waals surface area contributed by atoms with Gasteiger partial charge in [-0.2, -0.15) is 0 Å². The van der Waals surface area contributed by atoms with Crippen LogP contribution in [0, 0.1) is 10.1 Å². The third-order valence-corrected chi connectivity index (χ3v) is 3.64. The number of nitro benzene ring substituents is 1. The van der Waals surface area contributed by atoms with Crippen molar-refractivity contribution < 1.29 is 4.92 Å². The van der Waals surface area contributed by atoms with E-state index in [9.17, 15) is 10.1 Å². The summed E-state index contributed by atoms with van der Waals surface area (Å²) in [4.78, 5) is 14.4. The van der Waals surface area contributed by atoms with Crippen LogP contribution in [0.3, 0.4) is 0 Å². The van der Waals surface area contributed by atoms with Crippen molar-refractivity contribution in [2.45, 2.75) is 0 Å². The minimum absolute atomic E-state index is 0.0894. The van der Waals surface area contributed by atoms with Crippen molar-refractivity contribution in [2.75, 3.05) is 11.1 Å². The average molecular weight is 286 g/mol. The summed E-state index contributed by atoms with van der Waals surface area (Å²) in [5.41, 5.74) is 10.0. The fourth-order valence-electron chi connectivity index (χ4n) is 1.90. The Hall–Kier alpha value is -2.67. The molecule has 3 aromatic rings. The predicted molar refractivity (Wildman–Crippen MR) is 80.4 cm³/mol. The number of aromatic nitrogens is 1. The average Bonchev–Trinajstić information content (AvgIpc) is 2.85. The maximum atomic E-state index is 10.7. The predicted octanol–water partition coefficient (Wildman–Crippen LogP) is 3.53. The fourth-order valence-corrected chi connectivity index (χ4v) is 2.61. The second-order valence-corrected chi connectivity index (χ2v) is 5.08. The van der Waals surface area contributed by atoms with Gasteiger partial charge in [-0.25, -0.2) is 4.98 Å². The first-order valence-corrected chi connectivity index (χ1v) is 6.65. The lowest BCUT2D eigenvalue weighted by atomic mass is 10.2. The van der Waals surface area contributed by atoms with E-state index in [1.165, 1.54) is 6.07 Å². The molecular formula is C13H10N4O2S. The molecule has 0 unspecified atom stereocenters. The van der Waals surface area contributed by atoms with Crippen LogP contribution < -0.4 is 11.1 Å². The number of rotatable bonds is 3. The van der Waals surface area contributed by atoms with Gasteiger partial charge in [-0.15, -0.1) is 11.3 Å². The lowest BCUT2D eigenvalue weighted by Gasteiger charge is -2.07. The Morgan fingerprint density at radius 3 is 2.70 bits per heavy atom.